The molecule has 0 atom stereocenters. The lowest BCUT2D eigenvalue weighted by Crippen LogP contribution is -2.44. The lowest BCUT2D eigenvalue weighted by molar-refractivity contribution is 0.0608. The summed E-state index contributed by atoms with van der Waals surface area (Å²) in [6.07, 6.45) is 3.43. The molecule has 4 rings (SSSR count). The summed E-state index contributed by atoms with van der Waals surface area (Å²) < 4.78 is 1.79. The summed E-state index contributed by atoms with van der Waals surface area (Å²) in [7, 11) is 0. The highest BCUT2D eigenvalue weighted by molar-refractivity contribution is 6.01. The zero-order chi connectivity index (χ0) is 16.9. The van der Waals surface area contributed by atoms with Crippen LogP contribution in [0, 0.1) is 26.2 Å². The van der Waals surface area contributed by atoms with Crippen molar-refractivity contribution in [3.8, 4) is 0 Å². The average Bonchev–Trinajstić information content (AvgIpc) is 3.12. The lowest BCUT2D eigenvalue weighted by Gasteiger charge is -2.38. The van der Waals surface area contributed by atoms with Crippen molar-refractivity contribution in [1.82, 2.24) is 24.8 Å². The number of piperidine rings is 1. The van der Waals surface area contributed by atoms with Crippen molar-refractivity contribution in [1.29, 1.82) is 0 Å². The van der Waals surface area contributed by atoms with E-state index in [4.69, 9.17) is 0 Å². The summed E-state index contributed by atoms with van der Waals surface area (Å²) in [5.41, 5.74) is 4.47. The molecule has 2 aromatic rings. The summed E-state index contributed by atoms with van der Waals surface area (Å²) in [6.45, 7) is 9.75. The number of likely N-dealkylation sites (tertiary alicyclic amines) is 1. The Balaban J connectivity index is 1.63. The summed E-state index contributed by atoms with van der Waals surface area (Å²) in [5, 5.41) is 8.01. The van der Waals surface area contributed by atoms with Crippen molar-refractivity contribution in [2.24, 2.45) is 5.41 Å². The average molecular weight is 327 g/mol. The van der Waals surface area contributed by atoms with Gasteiger partial charge in [-0.2, -0.15) is 5.10 Å². The third kappa shape index (κ3) is 2.40. The van der Waals surface area contributed by atoms with Crippen LogP contribution in [0.4, 0.5) is 0 Å². The van der Waals surface area contributed by atoms with Crippen LogP contribution in [-0.4, -0.2) is 51.6 Å². The van der Waals surface area contributed by atoms with Gasteiger partial charge in [0.1, 0.15) is 5.56 Å². The standard InChI is InChI=1S/C18H25N5O/c1-12-10-13(2)23-16(20-12)15(14(3)21-23)17(24)22-8-5-18(6-9-22)4-7-19-11-18/h10,19H,4-9,11H2,1-3H3. The molecule has 0 saturated carbocycles. The number of amides is 1. The normalized spacial score (nSPS) is 20.2. The minimum absolute atomic E-state index is 0.0841. The molecule has 0 aromatic carbocycles. The monoisotopic (exact) mass is 327 g/mol. The molecule has 4 heterocycles. The zero-order valence-corrected chi connectivity index (χ0v) is 14.7. The Morgan fingerprint density at radius 3 is 2.62 bits per heavy atom. The van der Waals surface area contributed by atoms with Crippen molar-refractivity contribution >= 4 is 11.6 Å². The minimum atomic E-state index is 0.0841. The highest BCUT2D eigenvalue weighted by Crippen LogP contribution is 2.37. The largest absolute Gasteiger partial charge is 0.338 e. The Labute approximate surface area is 142 Å². The van der Waals surface area contributed by atoms with Gasteiger partial charge in [0, 0.05) is 31.0 Å². The molecule has 2 saturated heterocycles. The van der Waals surface area contributed by atoms with E-state index in [2.05, 4.69) is 15.4 Å². The van der Waals surface area contributed by atoms with Gasteiger partial charge in [0.15, 0.2) is 5.65 Å². The Morgan fingerprint density at radius 2 is 1.96 bits per heavy atom. The predicted octanol–water partition coefficient (Wildman–Crippen LogP) is 1.87. The van der Waals surface area contributed by atoms with E-state index in [-0.39, 0.29) is 5.91 Å². The number of aromatic nitrogens is 3. The topological polar surface area (TPSA) is 62.5 Å². The van der Waals surface area contributed by atoms with Crippen molar-refractivity contribution < 1.29 is 4.79 Å². The molecule has 128 valence electrons. The summed E-state index contributed by atoms with van der Waals surface area (Å²) in [5.74, 6) is 0.0841. The molecule has 6 heteroatoms. The van der Waals surface area contributed by atoms with Gasteiger partial charge in [0.25, 0.3) is 5.91 Å². The number of rotatable bonds is 1. The van der Waals surface area contributed by atoms with Gasteiger partial charge in [-0.1, -0.05) is 0 Å². The van der Waals surface area contributed by atoms with Crippen LogP contribution in [0.1, 0.15) is 46.7 Å². The van der Waals surface area contributed by atoms with Crippen LogP contribution in [0.25, 0.3) is 5.65 Å². The number of hydrogen-bond donors (Lipinski definition) is 1. The Morgan fingerprint density at radius 1 is 1.21 bits per heavy atom. The molecule has 0 radical (unpaired) electrons. The number of carbonyl (C=O) groups excluding carboxylic acids is 1. The van der Waals surface area contributed by atoms with Crippen molar-refractivity contribution in [2.45, 2.75) is 40.0 Å². The first kappa shape index (κ1) is 15.6. The highest BCUT2D eigenvalue weighted by Gasteiger charge is 2.39. The molecule has 1 amide bonds. The van der Waals surface area contributed by atoms with E-state index in [1.54, 1.807) is 4.52 Å². The van der Waals surface area contributed by atoms with E-state index in [1.165, 1.54) is 6.42 Å². The third-order valence-corrected chi connectivity index (χ3v) is 5.73. The molecule has 2 aromatic heterocycles. The van der Waals surface area contributed by atoms with Crippen molar-refractivity contribution in [3.63, 3.8) is 0 Å². The predicted molar refractivity (Wildman–Crippen MR) is 92.3 cm³/mol. The van der Waals surface area contributed by atoms with Gasteiger partial charge < -0.3 is 10.2 Å². The number of nitrogens with zero attached hydrogens (tertiary/aromatic N) is 4. The second-order valence-corrected chi connectivity index (χ2v) is 7.45. The minimum Gasteiger partial charge on any atom is -0.338 e. The van der Waals surface area contributed by atoms with Crippen LogP contribution < -0.4 is 5.32 Å². The second-order valence-electron chi connectivity index (χ2n) is 7.45. The van der Waals surface area contributed by atoms with Crippen LogP contribution in [0.3, 0.4) is 0 Å². The maximum absolute atomic E-state index is 13.1. The molecule has 2 aliphatic rings. The molecule has 2 aliphatic heterocycles. The molecule has 1 spiro atoms. The zero-order valence-electron chi connectivity index (χ0n) is 14.7. The first-order valence-corrected chi connectivity index (χ1v) is 8.83. The van der Waals surface area contributed by atoms with E-state index in [0.29, 0.717) is 16.6 Å². The molecular formula is C18H25N5O. The maximum atomic E-state index is 13.1. The summed E-state index contributed by atoms with van der Waals surface area (Å²) in [6, 6.07) is 1.99. The molecule has 0 bridgehead atoms. The molecule has 0 aliphatic carbocycles. The SMILES string of the molecule is Cc1cc(C)n2nc(C)c(C(=O)N3CCC4(CCNC4)CC3)c2n1. The van der Waals surface area contributed by atoms with Gasteiger partial charge in [-0.15, -0.1) is 0 Å². The summed E-state index contributed by atoms with van der Waals surface area (Å²) in [4.78, 5) is 19.7. The van der Waals surface area contributed by atoms with Gasteiger partial charge in [-0.05, 0) is 58.1 Å². The highest BCUT2D eigenvalue weighted by atomic mass is 16.2. The van der Waals surface area contributed by atoms with Crippen LogP contribution in [0.5, 0.6) is 0 Å². The fourth-order valence-corrected chi connectivity index (χ4v) is 4.24. The van der Waals surface area contributed by atoms with Crippen LogP contribution in [-0.2, 0) is 0 Å². The van der Waals surface area contributed by atoms with E-state index in [0.717, 1.165) is 56.1 Å². The fourth-order valence-electron chi connectivity index (χ4n) is 4.24. The third-order valence-electron chi connectivity index (χ3n) is 5.73. The van der Waals surface area contributed by atoms with Gasteiger partial charge in [-0.25, -0.2) is 9.50 Å². The molecule has 2 fully saturated rings. The van der Waals surface area contributed by atoms with Crippen molar-refractivity contribution in [2.75, 3.05) is 26.2 Å². The fraction of sp³-hybridized carbons (Fsp3) is 0.611. The first-order chi connectivity index (χ1) is 11.5. The number of hydrogen-bond acceptors (Lipinski definition) is 4. The summed E-state index contributed by atoms with van der Waals surface area (Å²) >= 11 is 0. The van der Waals surface area contributed by atoms with E-state index in [9.17, 15) is 4.79 Å². The molecule has 0 unspecified atom stereocenters. The Kier molecular flexibility index (Phi) is 3.60. The van der Waals surface area contributed by atoms with Gasteiger partial charge >= 0.3 is 0 Å². The van der Waals surface area contributed by atoms with E-state index >= 15 is 0 Å². The quantitative estimate of drug-likeness (QED) is 0.868. The van der Waals surface area contributed by atoms with Crippen molar-refractivity contribution in [3.05, 3.63) is 28.7 Å². The molecular weight excluding hydrogens is 302 g/mol. The van der Waals surface area contributed by atoms with Gasteiger partial charge in [-0.3, -0.25) is 4.79 Å². The number of fused-ring (bicyclic) bond motifs is 1. The van der Waals surface area contributed by atoms with Crippen LogP contribution in [0.15, 0.2) is 6.07 Å². The Hall–Kier alpha value is -1.95. The van der Waals surface area contributed by atoms with E-state index in [1.807, 2.05) is 31.7 Å². The van der Waals surface area contributed by atoms with Crippen LogP contribution >= 0.6 is 0 Å². The van der Waals surface area contributed by atoms with Gasteiger partial charge in [0.2, 0.25) is 0 Å². The first-order valence-electron chi connectivity index (χ1n) is 8.83. The number of carbonyl (C=O) groups is 1. The van der Waals surface area contributed by atoms with E-state index < -0.39 is 0 Å². The number of aryl methyl sites for hydroxylation is 3. The molecule has 24 heavy (non-hydrogen) atoms. The molecule has 6 nitrogen and oxygen atoms in total. The number of nitrogens with one attached hydrogen (secondary N) is 1. The maximum Gasteiger partial charge on any atom is 0.259 e. The second kappa shape index (κ2) is 5.55. The van der Waals surface area contributed by atoms with Crippen LogP contribution in [0.2, 0.25) is 0 Å². The smallest absolute Gasteiger partial charge is 0.259 e. The Bertz CT molecular complexity index is 793. The lowest BCUT2D eigenvalue weighted by atomic mass is 9.78. The molecule has 1 N–H and O–H groups in total. The van der Waals surface area contributed by atoms with Gasteiger partial charge in [0.05, 0.1) is 5.69 Å².